The Morgan fingerprint density at radius 2 is 2.25 bits per heavy atom. The van der Waals surface area contributed by atoms with Gasteiger partial charge < -0.3 is 10.1 Å². The summed E-state index contributed by atoms with van der Waals surface area (Å²) >= 11 is 1.80. The maximum atomic E-state index is 5.48. The molecule has 0 amide bonds. The number of nitrogens with one attached hydrogen (secondary N) is 1. The van der Waals surface area contributed by atoms with Gasteiger partial charge in [0.25, 0.3) is 0 Å². The third-order valence-corrected chi connectivity index (χ3v) is 3.96. The van der Waals surface area contributed by atoms with E-state index in [0.29, 0.717) is 6.04 Å². The van der Waals surface area contributed by atoms with Gasteiger partial charge in [0, 0.05) is 28.1 Å². The van der Waals surface area contributed by atoms with E-state index in [9.17, 15) is 0 Å². The highest BCUT2D eigenvalue weighted by atomic mass is 32.1. The number of anilines is 1. The van der Waals surface area contributed by atoms with Gasteiger partial charge in [0.05, 0.1) is 12.3 Å². The van der Waals surface area contributed by atoms with E-state index >= 15 is 0 Å². The lowest BCUT2D eigenvalue weighted by Crippen LogP contribution is -2.29. The summed E-state index contributed by atoms with van der Waals surface area (Å²) in [6.45, 7) is 1.76. The van der Waals surface area contributed by atoms with Crippen molar-refractivity contribution >= 4 is 27.1 Å². The fourth-order valence-electron chi connectivity index (χ4n) is 2.16. The summed E-state index contributed by atoms with van der Waals surface area (Å²) < 4.78 is 6.83. The fourth-order valence-corrected chi connectivity index (χ4v) is 3.07. The third-order valence-electron chi connectivity index (χ3n) is 3.00. The van der Waals surface area contributed by atoms with Gasteiger partial charge in [0.1, 0.15) is 0 Å². The number of fused-ring (bicyclic) bond motifs is 1. The summed E-state index contributed by atoms with van der Waals surface area (Å²) in [5, 5.41) is 7.13. The first kappa shape index (κ1) is 10.1. The Labute approximate surface area is 99.2 Å². The predicted molar refractivity (Wildman–Crippen MR) is 69.3 cm³/mol. The molecule has 1 saturated heterocycles. The molecule has 1 N–H and O–H groups in total. The second-order valence-corrected chi connectivity index (χ2v) is 5.12. The first-order valence-corrected chi connectivity index (χ1v) is 6.62. The number of ether oxygens (including phenoxy) is 1. The van der Waals surface area contributed by atoms with Gasteiger partial charge in [-0.3, -0.25) is 0 Å². The smallest absolute Gasteiger partial charge is 0.0667 e. The molecular weight excluding hydrogens is 218 g/mol. The molecule has 1 atom stereocenters. The van der Waals surface area contributed by atoms with E-state index in [2.05, 4.69) is 35.0 Å². The van der Waals surface area contributed by atoms with Crippen LogP contribution in [0.2, 0.25) is 0 Å². The summed E-state index contributed by atoms with van der Waals surface area (Å²) in [5.41, 5.74) is 1.26. The van der Waals surface area contributed by atoms with Crippen LogP contribution in [0.15, 0.2) is 29.6 Å². The summed E-state index contributed by atoms with van der Waals surface area (Å²) in [4.78, 5) is 0. The maximum absolute atomic E-state index is 5.48. The molecule has 0 saturated carbocycles. The fraction of sp³-hybridized carbons (Fsp3) is 0.385. The summed E-state index contributed by atoms with van der Waals surface area (Å²) in [5.74, 6) is 0. The van der Waals surface area contributed by atoms with Crippen molar-refractivity contribution in [3.63, 3.8) is 0 Å². The highest BCUT2D eigenvalue weighted by Crippen LogP contribution is 2.30. The highest BCUT2D eigenvalue weighted by Gasteiger charge is 2.14. The van der Waals surface area contributed by atoms with Crippen LogP contribution in [0.25, 0.3) is 10.1 Å². The Hall–Kier alpha value is -1.06. The van der Waals surface area contributed by atoms with Gasteiger partial charge in [0.2, 0.25) is 0 Å². The van der Waals surface area contributed by atoms with Crippen molar-refractivity contribution in [3.8, 4) is 0 Å². The summed E-state index contributed by atoms with van der Waals surface area (Å²) in [6, 6.07) is 9.01. The number of rotatable bonds is 2. The quantitative estimate of drug-likeness (QED) is 0.857. The molecule has 1 aliphatic heterocycles. The largest absolute Gasteiger partial charge is 0.379 e. The average molecular weight is 233 g/mol. The molecule has 84 valence electrons. The van der Waals surface area contributed by atoms with E-state index in [1.54, 1.807) is 11.3 Å². The Balaban J connectivity index is 1.83. The first-order valence-electron chi connectivity index (χ1n) is 5.74. The van der Waals surface area contributed by atoms with Gasteiger partial charge in [0.15, 0.2) is 0 Å². The van der Waals surface area contributed by atoms with Crippen molar-refractivity contribution in [3.05, 3.63) is 29.6 Å². The predicted octanol–water partition coefficient (Wildman–Crippen LogP) is 3.49. The topological polar surface area (TPSA) is 21.3 Å². The van der Waals surface area contributed by atoms with Crippen LogP contribution < -0.4 is 5.32 Å². The third kappa shape index (κ3) is 1.93. The highest BCUT2D eigenvalue weighted by molar-refractivity contribution is 7.17. The minimum atomic E-state index is 0.478. The molecule has 0 spiro atoms. The molecule has 2 nitrogen and oxygen atoms in total. The standard InChI is InChI=1S/C13H15NOS/c1-2-6-13-11(5-1)12(9-16-13)14-10-4-3-7-15-8-10/h1-2,5-6,9-10,14H,3-4,7-8H2. The minimum absolute atomic E-state index is 0.478. The molecule has 2 aromatic rings. The van der Waals surface area contributed by atoms with Crippen LogP contribution in [0, 0.1) is 0 Å². The van der Waals surface area contributed by atoms with Gasteiger partial charge in [-0.05, 0) is 18.9 Å². The van der Waals surface area contributed by atoms with E-state index < -0.39 is 0 Å². The zero-order valence-corrected chi connectivity index (χ0v) is 9.93. The second-order valence-electron chi connectivity index (χ2n) is 4.20. The van der Waals surface area contributed by atoms with Crippen molar-refractivity contribution in [2.75, 3.05) is 18.5 Å². The summed E-state index contributed by atoms with van der Waals surface area (Å²) in [6.07, 6.45) is 2.38. The molecule has 0 bridgehead atoms. The molecule has 1 fully saturated rings. The van der Waals surface area contributed by atoms with Crippen LogP contribution in [-0.4, -0.2) is 19.3 Å². The van der Waals surface area contributed by atoms with E-state index in [0.717, 1.165) is 13.2 Å². The Morgan fingerprint density at radius 1 is 1.31 bits per heavy atom. The molecule has 2 heterocycles. The zero-order chi connectivity index (χ0) is 10.8. The van der Waals surface area contributed by atoms with Crippen LogP contribution in [0.3, 0.4) is 0 Å². The Bertz CT molecular complexity index is 473. The van der Waals surface area contributed by atoms with E-state index in [1.165, 1.54) is 28.6 Å². The van der Waals surface area contributed by atoms with Crippen LogP contribution in [-0.2, 0) is 4.74 Å². The van der Waals surface area contributed by atoms with Gasteiger partial charge in [-0.2, -0.15) is 0 Å². The van der Waals surface area contributed by atoms with E-state index in [1.807, 2.05) is 0 Å². The maximum Gasteiger partial charge on any atom is 0.0667 e. The van der Waals surface area contributed by atoms with Gasteiger partial charge in [-0.25, -0.2) is 0 Å². The van der Waals surface area contributed by atoms with E-state index in [4.69, 9.17) is 4.74 Å². The van der Waals surface area contributed by atoms with Crippen LogP contribution in [0.1, 0.15) is 12.8 Å². The number of hydrogen-bond donors (Lipinski definition) is 1. The van der Waals surface area contributed by atoms with Crippen molar-refractivity contribution in [2.24, 2.45) is 0 Å². The Kier molecular flexibility index (Phi) is 2.80. The number of hydrogen-bond acceptors (Lipinski definition) is 3. The Morgan fingerprint density at radius 3 is 3.12 bits per heavy atom. The zero-order valence-electron chi connectivity index (χ0n) is 9.11. The van der Waals surface area contributed by atoms with Gasteiger partial charge >= 0.3 is 0 Å². The molecule has 1 unspecified atom stereocenters. The first-order chi connectivity index (χ1) is 7.93. The summed E-state index contributed by atoms with van der Waals surface area (Å²) in [7, 11) is 0. The minimum Gasteiger partial charge on any atom is -0.379 e. The average Bonchev–Trinajstić information content (AvgIpc) is 2.74. The van der Waals surface area contributed by atoms with Crippen molar-refractivity contribution in [1.82, 2.24) is 0 Å². The SMILES string of the molecule is c1ccc2c(NC3CCCOC3)csc2c1. The van der Waals surface area contributed by atoms with Gasteiger partial charge in [-0.1, -0.05) is 18.2 Å². The van der Waals surface area contributed by atoms with Crippen molar-refractivity contribution in [1.29, 1.82) is 0 Å². The van der Waals surface area contributed by atoms with Crippen LogP contribution >= 0.6 is 11.3 Å². The number of thiophene rings is 1. The molecule has 16 heavy (non-hydrogen) atoms. The van der Waals surface area contributed by atoms with Crippen LogP contribution in [0.5, 0.6) is 0 Å². The lowest BCUT2D eigenvalue weighted by atomic mass is 10.1. The van der Waals surface area contributed by atoms with E-state index in [-0.39, 0.29) is 0 Å². The number of benzene rings is 1. The van der Waals surface area contributed by atoms with Crippen LogP contribution in [0.4, 0.5) is 5.69 Å². The molecule has 3 rings (SSSR count). The second kappa shape index (κ2) is 4.44. The van der Waals surface area contributed by atoms with Crippen molar-refractivity contribution < 1.29 is 4.74 Å². The van der Waals surface area contributed by atoms with Crippen molar-refractivity contribution in [2.45, 2.75) is 18.9 Å². The lowest BCUT2D eigenvalue weighted by Gasteiger charge is -2.23. The molecule has 1 aromatic carbocycles. The molecule has 0 radical (unpaired) electrons. The molecule has 3 heteroatoms. The normalized spacial score (nSPS) is 21.1. The lowest BCUT2D eigenvalue weighted by molar-refractivity contribution is 0.0876. The molecule has 1 aliphatic rings. The molecule has 1 aromatic heterocycles. The van der Waals surface area contributed by atoms with Gasteiger partial charge in [-0.15, -0.1) is 11.3 Å². The molecular formula is C13H15NOS. The molecule has 0 aliphatic carbocycles. The monoisotopic (exact) mass is 233 g/mol.